The van der Waals surface area contributed by atoms with Gasteiger partial charge < -0.3 is 4.74 Å². The fraction of sp³-hybridized carbons (Fsp3) is 0.462. The van der Waals surface area contributed by atoms with Gasteiger partial charge >= 0.3 is 5.97 Å². The maximum atomic E-state index is 12.0. The van der Waals surface area contributed by atoms with E-state index < -0.39 is 31.4 Å². The number of sulfone groups is 2. The maximum Gasteiger partial charge on any atom is 0.321 e. The van der Waals surface area contributed by atoms with E-state index in [1.165, 1.54) is 24.3 Å². The summed E-state index contributed by atoms with van der Waals surface area (Å²) in [5, 5.41) is 0. The molecule has 0 aromatic heterocycles. The standard InChI is InChI=1S/C13H18O6S2/c1-3-4-9-19-13(14)10-21(17,18)12-7-5-11(6-8-12)20(2,15)16/h5-8H,3-4,9-10H2,1-2H3. The van der Waals surface area contributed by atoms with Gasteiger partial charge in [0.2, 0.25) is 0 Å². The number of rotatable bonds is 7. The van der Waals surface area contributed by atoms with Crippen molar-refractivity contribution in [2.45, 2.75) is 29.6 Å². The third kappa shape index (κ3) is 5.47. The van der Waals surface area contributed by atoms with Gasteiger partial charge in [-0.3, -0.25) is 4.79 Å². The van der Waals surface area contributed by atoms with E-state index in [9.17, 15) is 21.6 Å². The van der Waals surface area contributed by atoms with Gasteiger partial charge in [0.1, 0.15) is 0 Å². The Bertz CT molecular complexity index is 687. The fourth-order valence-corrected chi connectivity index (χ4v) is 3.25. The highest BCUT2D eigenvalue weighted by molar-refractivity contribution is 7.92. The average molecular weight is 334 g/mol. The highest BCUT2D eigenvalue weighted by Crippen LogP contribution is 2.15. The number of carbonyl (C=O) groups excluding carboxylic acids is 1. The van der Waals surface area contributed by atoms with Crippen LogP contribution in [0.3, 0.4) is 0 Å². The van der Waals surface area contributed by atoms with E-state index in [4.69, 9.17) is 4.74 Å². The second-order valence-electron chi connectivity index (χ2n) is 4.58. The topological polar surface area (TPSA) is 94.6 Å². The van der Waals surface area contributed by atoms with E-state index in [1.54, 1.807) is 0 Å². The van der Waals surface area contributed by atoms with E-state index in [0.717, 1.165) is 12.7 Å². The Kier molecular flexibility index (Phi) is 5.91. The monoisotopic (exact) mass is 334 g/mol. The van der Waals surface area contributed by atoms with Crippen molar-refractivity contribution in [3.63, 3.8) is 0 Å². The molecule has 0 atom stereocenters. The van der Waals surface area contributed by atoms with Crippen molar-refractivity contribution < 1.29 is 26.4 Å². The van der Waals surface area contributed by atoms with E-state index in [0.29, 0.717) is 6.42 Å². The smallest absolute Gasteiger partial charge is 0.321 e. The summed E-state index contributed by atoms with van der Waals surface area (Å²) in [6.45, 7) is 2.12. The molecule has 6 nitrogen and oxygen atoms in total. The SMILES string of the molecule is CCCCOC(=O)CS(=O)(=O)c1ccc(S(C)(=O)=O)cc1. The zero-order valence-electron chi connectivity index (χ0n) is 11.9. The lowest BCUT2D eigenvalue weighted by Crippen LogP contribution is -2.19. The molecule has 0 aliphatic heterocycles. The molecule has 21 heavy (non-hydrogen) atoms. The predicted octanol–water partition coefficient (Wildman–Crippen LogP) is 1.21. The highest BCUT2D eigenvalue weighted by atomic mass is 32.2. The number of carbonyl (C=O) groups is 1. The molecular weight excluding hydrogens is 316 g/mol. The minimum Gasteiger partial charge on any atom is -0.465 e. The largest absolute Gasteiger partial charge is 0.465 e. The van der Waals surface area contributed by atoms with Crippen LogP contribution in [0.25, 0.3) is 0 Å². The number of hydrogen-bond donors (Lipinski definition) is 0. The second kappa shape index (κ2) is 7.04. The first-order chi connectivity index (χ1) is 9.66. The highest BCUT2D eigenvalue weighted by Gasteiger charge is 2.21. The summed E-state index contributed by atoms with van der Waals surface area (Å²) in [5.41, 5.74) is 0. The normalized spacial score (nSPS) is 12.1. The minimum absolute atomic E-state index is 0.0203. The van der Waals surface area contributed by atoms with Crippen molar-refractivity contribution >= 4 is 25.6 Å². The number of hydrogen-bond acceptors (Lipinski definition) is 6. The number of benzene rings is 1. The molecule has 0 aliphatic rings. The van der Waals surface area contributed by atoms with Gasteiger partial charge in [0, 0.05) is 6.26 Å². The molecule has 1 aromatic carbocycles. The first-order valence-corrected chi connectivity index (χ1v) is 9.89. The van der Waals surface area contributed by atoms with Gasteiger partial charge in [-0.05, 0) is 30.7 Å². The Hall–Kier alpha value is -1.41. The Labute approximate surface area is 125 Å². The molecule has 0 unspecified atom stereocenters. The molecule has 0 N–H and O–H groups in total. The van der Waals surface area contributed by atoms with E-state index in [-0.39, 0.29) is 16.4 Å². The van der Waals surface area contributed by atoms with Crippen molar-refractivity contribution in [3.8, 4) is 0 Å². The summed E-state index contributed by atoms with van der Waals surface area (Å²) in [5.74, 6) is -1.56. The van der Waals surface area contributed by atoms with Gasteiger partial charge in [0.25, 0.3) is 0 Å². The van der Waals surface area contributed by atoms with Crippen LogP contribution >= 0.6 is 0 Å². The van der Waals surface area contributed by atoms with Gasteiger partial charge in [-0.2, -0.15) is 0 Å². The summed E-state index contributed by atoms with van der Waals surface area (Å²) in [7, 11) is -7.22. The molecule has 0 spiro atoms. The summed E-state index contributed by atoms with van der Waals surface area (Å²) >= 11 is 0. The molecule has 0 heterocycles. The molecule has 1 aromatic rings. The van der Waals surface area contributed by atoms with Crippen LogP contribution in [0.4, 0.5) is 0 Å². The molecule has 0 radical (unpaired) electrons. The molecule has 1 rings (SSSR count). The fourth-order valence-electron chi connectivity index (χ4n) is 1.50. The Morgan fingerprint density at radius 1 is 1.05 bits per heavy atom. The van der Waals surface area contributed by atoms with E-state index in [2.05, 4.69) is 0 Å². The summed E-state index contributed by atoms with van der Waals surface area (Å²) < 4.78 is 51.4. The molecule has 0 fully saturated rings. The molecule has 0 amide bonds. The van der Waals surface area contributed by atoms with Crippen LogP contribution in [0.5, 0.6) is 0 Å². The van der Waals surface area contributed by atoms with E-state index in [1.807, 2.05) is 6.92 Å². The lowest BCUT2D eigenvalue weighted by Gasteiger charge is -2.06. The lowest BCUT2D eigenvalue weighted by molar-refractivity contribution is -0.140. The van der Waals surface area contributed by atoms with Crippen LogP contribution in [-0.4, -0.2) is 41.4 Å². The molecule has 0 aliphatic carbocycles. The third-order valence-electron chi connectivity index (χ3n) is 2.68. The summed E-state index contributed by atoms with van der Waals surface area (Å²) in [6.07, 6.45) is 2.55. The maximum absolute atomic E-state index is 12.0. The van der Waals surface area contributed by atoms with Gasteiger partial charge in [-0.25, -0.2) is 16.8 Å². The Morgan fingerprint density at radius 3 is 2.05 bits per heavy atom. The van der Waals surface area contributed by atoms with Crippen LogP contribution in [0, 0.1) is 0 Å². The number of ether oxygens (including phenoxy) is 1. The van der Waals surface area contributed by atoms with Crippen LogP contribution in [0.15, 0.2) is 34.1 Å². The van der Waals surface area contributed by atoms with E-state index >= 15 is 0 Å². The van der Waals surface area contributed by atoms with Crippen molar-refractivity contribution in [2.24, 2.45) is 0 Å². The van der Waals surface area contributed by atoms with Crippen LogP contribution in [-0.2, 0) is 29.2 Å². The zero-order chi connectivity index (χ0) is 16.1. The molecule has 0 saturated carbocycles. The van der Waals surface area contributed by atoms with Crippen molar-refractivity contribution in [1.29, 1.82) is 0 Å². The summed E-state index contributed by atoms with van der Waals surface area (Å²) in [4.78, 5) is 11.3. The lowest BCUT2D eigenvalue weighted by atomic mass is 10.4. The minimum atomic E-state index is -3.83. The molecule has 8 heteroatoms. The first kappa shape index (κ1) is 17.6. The van der Waals surface area contributed by atoms with Gasteiger partial charge in [0.05, 0.1) is 16.4 Å². The van der Waals surface area contributed by atoms with Crippen molar-refractivity contribution in [1.82, 2.24) is 0 Å². The van der Waals surface area contributed by atoms with Crippen molar-refractivity contribution in [2.75, 3.05) is 18.6 Å². The Morgan fingerprint density at radius 2 is 1.57 bits per heavy atom. The summed E-state index contributed by atoms with van der Waals surface area (Å²) in [6, 6.07) is 4.74. The number of esters is 1. The first-order valence-electron chi connectivity index (χ1n) is 6.35. The van der Waals surface area contributed by atoms with Gasteiger partial charge in [0.15, 0.2) is 25.4 Å². The predicted molar refractivity (Wildman–Crippen MR) is 77.5 cm³/mol. The van der Waals surface area contributed by atoms with Crippen LogP contribution in [0.2, 0.25) is 0 Å². The quantitative estimate of drug-likeness (QED) is 0.549. The van der Waals surface area contributed by atoms with Crippen molar-refractivity contribution in [3.05, 3.63) is 24.3 Å². The molecule has 0 saturated heterocycles. The zero-order valence-corrected chi connectivity index (χ0v) is 13.5. The Balaban J connectivity index is 2.81. The van der Waals surface area contributed by atoms with Crippen LogP contribution < -0.4 is 0 Å². The van der Waals surface area contributed by atoms with Gasteiger partial charge in [-0.1, -0.05) is 13.3 Å². The third-order valence-corrected chi connectivity index (χ3v) is 5.41. The number of unbranched alkanes of at least 4 members (excludes halogenated alkanes) is 1. The molecule has 0 bridgehead atoms. The second-order valence-corrected chi connectivity index (χ2v) is 8.58. The molecule has 118 valence electrons. The molecular formula is C13H18O6S2. The van der Waals surface area contributed by atoms with Gasteiger partial charge in [-0.15, -0.1) is 0 Å². The van der Waals surface area contributed by atoms with Crippen LogP contribution in [0.1, 0.15) is 19.8 Å². The average Bonchev–Trinajstić information content (AvgIpc) is 2.37.